The fraction of sp³-hybridized carbons (Fsp3) is 0.391. The van der Waals surface area contributed by atoms with Gasteiger partial charge in [0.05, 0.1) is 11.8 Å². The molecule has 1 spiro atoms. The molecule has 6 nitrogen and oxygen atoms in total. The number of urea groups is 1. The van der Waals surface area contributed by atoms with Crippen molar-refractivity contribution < 1.29 is 18.7 Å². The summed E-state index contributed by atoms with van der Waals surface area (Å²) in [6.45, 7) is 5.99. The Labute approximate surface area is 189 Å². The maximum absolute atomic E-state index is 13.9. The maximum Gasteiger partial charge on any atom is 0.329 e. The van der Waals surface area contributed by atoms with Crippen LogP contribution < -0.4 is 15.0 Å². The zero-order valence-corrected chi connectivity index (χ0v) is 19.1. The zero-order chi connectivity index (χ0) is 22.2. The van der Waals surface area contributed by atoms with Crippen molar-refractivity contribution in [3.05, 3.63) is 58.3 Å². The van der Waals surface area contributed by atoms with Crippen molar-refractivity contribution in [1.29, 1.82) is 0 Å². The van der Waals surface area contributed by atoms with Crippen LogP contribution in [0.4, 0.5) is 14.9 Å². The summed E-state index contributed by atoms with van der Waals surface area (Å²) in [5.74, 6) is 0.0611. The highest BCUT2D eigenvalue weighted by atomic mass is 79.9. The van der Waals surface area contributed by atoms with E-state index in [1.54, 1.807) is 6.07 Å². The molecule has 4 rings (SSSR count). The number of imide groups is 1. The molecule has 0 radical (unpaired) electrons. The van der Waals surface area contributed by atoms with E-state index in [1.165, 1.54) is 17.0 Å². The summed E-state index contributed by atoms with van der Waals surface area (Å²) < 4.78 is 20.3. The van der Waals surface area contributed by atoms with Gasteiger partial charge in [0, 0.05) is 24.1 Å². The lowest BCUT2D eigenvalue weighted by atomic mass is 9.85. The molecule has 0 saturated carbocycles. The Morgan fingerprint density at radius 1 is 1.16 bits per heavy atom. The molecule has 3 amide bonds. The first-order chi connectivity index (χ1) is 14.8. The van der Waals surface area contributed by atoms with Gasteiger partial charge in [0.2, 0.25) is 0 Å². The maximum atomic E-state index is 13.9. The highest BCUT2D eigenvalue weighted by Gasteiger charge is 2.55. The Morgan fingerprint density at radius 3 is 2.61 bits per heavy atom. The monoisotopic (exact) mass is 489 g/mol. The van der Waals surface area contributed by atoms with Gasteiger partial charge in [0.1, 0.15) is 17.1 Å². The van der Waals surface area contributed by atoms with Gasteiger partial charge < -0.3 is 4.74 Å². The van der Waals surface area contributed by atoms with E-state index in [0.717, 1.165) is 17.9 Å². The number of rotatable bonds is 5. The second-order valence-electron chi connectivity index (χ2n) is 8.31. The van der Waals surface area contributed by atoms with Crippen molar-refractivity contribution in [2.75, 3.05) is 18.0 Å². The largest absolute Gasteiger partial charge is 0.491 e. The number of likely N-dealkylation sites (tertiary alicyclic amines) is 1. The summed E-state index contributed by atoms with van der Waals surface area (Å²) in [5, 5.41) is 2.43. The van der Waals surface area contributed by atoms with E-state index in [4.69, 9.17) is 4.74 Å². The average molecular weight is 490 g/mol. The zero-order valence-electron chi connectivity index (χ0n) is 17.5. The Hall–Kier alpha value is -2.45. The number of anilines is 1. The second-order valence-corrected chi connectivity index (χ2v) is 9.17. The van der Waals surface area contributed by atoms with Gasteiger partial charge in [0.15, 0.2) is 0 Å². The lowest BCUT2D eigenvalue weighted by Gasteiger charge is -2.42. The first-order valence-corrected chi connectivity index (χ1v) is 11.2. The van der Waals surface area contributed by atoms with Crippen molar-refractivity contribution in [3.63, 3.8) is 0 Å². The SMILES string of the molecule is CC(C)Oc1cccc(CN2CCC3(CC2)C(=O)NC(=O)N3c2cc(F)ccc2Br)c1. The average Bonchev–Trinajstić information content (AvgIpc) is 2.95. The molecule has 0 aromatic heterocycles. The first-order valence-electron chi connectivity index (χ1n) is 10.4. The number of piperidine rings is 1. The summed E-state index contributed by atoms with van der Waals surface area (Å²) in [4.78, 5) is 29.2. The standard InChI is InChI=1S/C23H25BrFN3O3/c1-15(2)31-18-5-3-4-16(12-18)14-27-10-8-23(9-11-27)21(29)26-22(30)28(23)20-13-17(25)6-7-19(20)24/h3-7,12-13,15H,8-11,14H2,1-2H3,(H,26,29,30). The van der Waals surface area contributed by atoms with Gasteiger partial charge >= 0.3 is 6.03 Å². The minimum atomic E-state index is -1.01. The van der Waals surface area contributed by atoms with Crippen LogP contribution >= 0.6 is 15.9 Å². The molecular weight excluding hydrogens is 465 g/mol. The number of nitrogens with zero attached hydrogens (tertiary/aromatic N) is 2. The van der Waals surface area contributed by atoms with Crippen LogP contribution in [-0.4, -0.2) is 41.6 Å². The molecule has 1 N–H and O–H groups in total. The summed E-state index contributed by atoms with van der Waals surface area (Å²) in [6, 6.07) is 11.7. The number of ether oxygens (including phenoxy) is 1. The van der Waals surface area contributed by atoms with E-state index in [2.05, 4.69) is 32.2 Å². The molecule has 0 bridgehead atoms. The second kappa shape index (κ2) is 8.59. The molecule has 0 aliphatic carbocycles. The van der Waals surface area contributed by atoms with Crippen LogP contribution in [0.15, 0.2) is 46.9 Å². The molecule has 2 saturated heterocycles. The van der Waals surface area contributed by atoms with Crippen LogP contribution in [0.2, 0.25) is 0 Å². The summed E-state index contributed by atoms with van der Waals surface area (Å²) >= 11 is 3.40. The number of carbonyl (C=O) groups excluding carboxylic acids is 2. The van der Waals surface area contributed by atoms with Crippen LogP contribution in [0.25, 0.3) is 0 Å². The Bertz CT molecular complexity index is 1010. The summed E-state index contributed by atoms with van der Waals surface area (Å²) in [5.41, 5.74) is 0.494. The van der Waals surface area contributed by atoms with Gasteiger partial charge in [0.25, 0.3) is 5.91 Å². The molecule has 0 unspecified atom stereocenters. The van der Waals surface area contributed by atoms with E-state index in [-0.39, 0.29) is 12.0 Å². The van der Waals surface area contributed by atoms with Crippen LogP contribution in [-0.2, 0) is 11.3 Å². The molecular formula is C23H25BrFN3O3. The van der Waals surface area contributed by atoms with Gasteiger partial charge in [-0.15, -0.1) is 0 Å². The minimum absolute atomic E-state index is 0.108. The highest BCUT2D eigenvalue weighted by Crippen LogP contribution is 2.40. The predicted octanol–water partition coefficient (Wildman–Crippen LogP) is 4.47. The van der Waals surface area contributed by atoms with Crippen molar-refractivity contribution in [2.24, 2.45) is 0 Å². The number of nitrogens with one attached hydrogen (secondary N) is 1. The molecule has 2 aliphatic rings. The number of carbonyl (C=O) groups is 2. The number of hydrogen-bond donors (Lipinski definition) is 1. The molecule has 2 aromatic rings. The number of hydrogen-bond acceptors (Lipinski definition) is 4. The first kappa shape index (κ1) is 21.8. The third kappa shape index (κ3) is 4.32. The minimum Gasteiger partial charge on any atom is -0.491 e. The fourth-order valence-corrected chi connectivity index (χ4v) is 4.77. The van der Waals surface area contributed by atoms with Crippen LogP contribution in [0.5, 0.6) is 5.75 Å². The van der Waals surface area contributed by atoms with E-state index in [9.17, 15) is 14.0 Å². The lowest BCUT2D eigenvalue weighted by Crippen LogP contribution is -2.56. The number of amides is 3. The Morgan fingerprint density at radius 2 is 1.90 bits per heavy atom. The molecule has 0 atom stereocenters. The van der Waals surface area contributed by atoms with Crippen LogP contribution in [0.1, 0.15) is 32.3 Å². The van der Waals surface area contributed by atoms with Crippen molar-refractivity contribution in [3.8, 4) is 5.75 Å². The van der Waals surface area contributed by atoms with Gasteiger partial charge in [-0.05, 0) is 78.5 Å². The van der Waals surface area contributed by atoms with Crippen LogP contribution in [0, 0.1) is 5.82 Å². The van der Waals surface area contributed by atoms with E-state index >= 15 is 0 Å². The Balaban J connectivity index is 1.51. The van der Waals surface area contributed by atoms with Gasteiger partial charge in [-0.3, -0.25) is 19.9 Å². The van der Waals surface area contributed by atoms with Gasteiger partial charge in [-0.1, -0.05) is 12.1 Å². The quantitative estimate of drug-likeness (QED) is 0.629. The van der Waals surface area contributed by atoms with E-state index in [1.807, 2.05) is 32.0 Å². The smallest absolute Gasteiger partial charge is 0.329 e. The highest BCUT2D eigenvalue weighted by molar-refractivity contribution is 9.10. The summed E-state index contributed by atoms with van der Waals surface area (Å²) in [7, 11) is 0. The molecule has 8 heteroatoms. The third-order valence-electron chi connectivity index (χ3n) is 5.78. The molecule has 2 aliphatic heterocycles. The molecule has 2 heterocycles. The summed E-state index contributed by atoms with van der Waals surface area (Å²) in [6.07, 6.45) is 1.04. The molecule has 31 heavy (non-hydrogen) atoms. The predicted molar refractivity (Wildman–Crippen MR) is 120 cm³/mol. The topological polar surface area (TPSA) is 61.9 Å². The Kier molecular flexibility index (Phi) is 6.03. The van der Waals surface area contributed by atoms with Gasteiger partial charge in [-0.2, -0.15) is 0 Å². The van der Waals surface area contributed by atoms with E-state index < -0.39 is 17.4 Å². The normalized spacial score (nSPS) is 18.7. The molecule has 164 valence electrons. The third-order valence-corrected chi connectivity index (χ3v) is 6.45. The van der Waals surface area contributed by atoms with E-state index in [0.29, 0.717) is 36.1 Å². The van der Waals surface area contributed by atoms with Crippen molar-refractivity contribution in [1.82, 2.24) is 10.2 Å². The lowest BCUT2D eigenvalue weighted by molar-refractivity contribution is -0.124. The number of benzene rings is 2. The van der Waals surface area contributed by atoms with Crippen molar-refractivity contribution in [2.45, 2.75) is 44.9 Å². The molecule has 2 fully saturated rings. The fourth-order valence-electron chi connectivity index (χ4n) is 4.34. The van der Waals surface area contributed by atoms with Crippen molar-refractivity contribution >= 4 is 33.6 Å². The molecule has 2 aromatic carbocycles. The van der Waals surface area contributed by atoms with Gasteiger partial charge in [-0.25, -0.2) is 9.18 Å². The number of halogens is 2. The van der Waals surface area contributed by atoms with Crippen LogP contribution in [0.3, 0.4) is 0 Å².